The number of benzene rings is 1. The van der Waals surface area contributed by atoms with Gasteiger partial charge < -0.3 is 24.9 Å². The first-order valence-corrected chi connectivity index (χ1v) is 15.9. The summed E-state index contributed by atoms with van der Waals surface area (Å²) >= 11 is 0. The lowest BCUT2D eigenvalue weighted by atomic mass is 10.1. The molecule has 42 heavy (non-hydrogen) atoms. The quantitative estimate of drug-likeness (QED) is 0.0619. The standard InChI is InChI=1S/C34H52N2O6/c1-3-4-5-6-7-8-9-10-11-12-13-14-15-16-17-22-33(38)40-25-29(42-27(2)37)26-41-34(39)31(35)23-28-24-36-32-21-19-18-20-30(28)32/h10-11,18-21,24,29,31,36H,3-9,12-17,22-23,25-26,35H2,1-2H3/t29?,31-/m0/s1. The molecule has 0 fully saturated rings. The van der Waals surface area contributed by atoms with E-state index in [2.05, 4.69) is 24.1 Å². The fourth-order valence-corrected chi connectivity index (χ4v) is 4.85. The van der Waals surface area contributed by atoms with Crippen LogP contribution in [0, 0.1) is 0 Å². The van der Waals surface area contributed by atoms with E-state index in [4.69, 9.17) is 19.9 Å². The summed E-state index contributed by atoms with van der Waals surface area (Å²) in [4.78, 5) is 39.4. The molecule has 2 rings (SSSR count). The Morgan fingerprint density at radius 2 is 1.48 bits per heavy atom. The van der Waals surface area contributed by atoms with Crippen LogP contribution in [0.5, 0.6) is 0 Å². The SMILES string of the molecule is CCCCCCCCC=CCCCCCCCC(=O)OCC(COC(=O)[C@@H](N)Cc1c[nH]c2ccccc12)OC(C)=O. The summed E-state index contributed by atoms with van der Waals surface area (Å²) < 4.78 is 15.8. The summed E-state index contributed by atoms with van der Waals surface area (Å²) in [6.45, 7) is 3.09. The van der Waals surface area contributed by atoms with Crippen molar-refractivity contribution in [3.05, 3.63) is 48.2 Å². The molecule has 0 aliphatic rings. The molecule has 0 spiro atoms. The van der Waals surface area contributed by atoms with Gasteiger partial charge >= 0.3 is 17.9 Å². The molecule has 1 aromatic carbocycles. The Labute approximate surface area is 251 Å². The summed E-state index contributed by atoms with van der Waals surface area (Å²) in [5, 5.41) is 0.997. The molecule has 0 aliphatic heterocycles. The Balaban J connectivity index is 1.55. The highest BCUT2D eigenvalue weighted by Gasteiger charge is 2.22. The lowest BCUT2D eigenvalue weighted by molar-refractivity contribution is -0.165. The van der Waals surface area contributed by atoms with Gasteiger partial charge in [-0.15, -0.1) is 0 Å². The van der Waals surface area contributed by atoms with E-state index in [1.54, 1.807) is 0 Å². The number of H-pyrrole nitrogens is 1. The maximum Gasteiger partial charge on any atom is 0.323 e. The Morgan fingerprint density at radius 1 is 0.857 bits per heavy atom. The summed E-state index contributed by atoms with van der Waals surface area (Å²) in [5.41, 5.74) is 7.95. The molecule has 3 N–H and O–H groups in total. The van der Waals surface area contributed by atoms with Gasteiger partial charge in [0.1, 0.15) is 19.3 Å². The Bertz CT molecular complexity index is 1080. The topological polar surface area (TPSA) is 121 Å². The smallest absolute Gasteiger partial charge is 0.323 e. The van der Waals surface area contributed by atoms with Crippen LogP contribution >= 0.6 is 0 Å². The van der Waals surface area contributed by atoms with E-state index < -0.39 is 24.1 Å². The first kappa shape index (κ1) is 35.1. The minimum absolute atomic E-state index is 0.172. The van der Waals surface area contributed by atoms with Crippen LogP contribution < -0.4 is 5.73 Å². The molecule has 1 heterocycles. The molecule has 0 aliphatic carbocycles. The van der Waals surface area contributed by atoms with Crippen LogP contribution in [0.4, 0.5) is 0 Å². The van der Waals surface area contributed by atoms with Gasteiger partial charge in [0, 0.05) is 36.9 Å². The zero-order chi connectivity index (χ0) is 30.4. The molecular weight excluding hydrogens is 532 g/mol. The Kier molecular flexibility index (Phi) is 18.0. The third-order valence-corrected chi connectivity index (χ3v) is 7.23. The number of para-hydroxylation sites is 1. The monoisotopic (exact) mass is 584 g/mol. The van der Waals surface area contributed by atoms with Gasteiger partial charge in [-0.2, -0.15) is 0 Å². The number of esters is 3. The van der Waals surface area contributed by atoms with E-state index in [1.807, 2.05) is 30.5 Å². The highest BCUT2D eigenvalue weighted by Crippen LogP contribution is 2.19. The van der Waals surface area contributed by atoms with E-state index in [1.165, 1.54) is 58.3 Å². The first-order chi connectivity index (χ1) is 20.4. The van der Waals surface area contributed by atoms with Crippen LogP contribution in [-0.4, -0.2) is 48.3 Å². The predicted octanol–water partition coefficient (Wildman–Crippen LogP) is 7.09. The van der Waals surface area contributed by atoms with E-state index in [-0.39, 0.29) is 19.2 Å². The normalized spacial score (nSPS) is 12.8. The fraction of sp³-hybridized carbons (Fsp3) is 0.618. The van der Waals surface area contributed by atoms with E-state index in [0.29, 0.717) is 12.8 Å². The van der Waals surface area contributed by atoms with Crippen molar-refractivity contribution in [1.82, 2.24) is 4.98 Å². The zero-order valence-electron chi connectivity index (χ0n) is 25.7. The predicted molar refractivity (Wildman–Crippen MR) is 167 cm³/mol. The van der Waals surface area contributed by atoms with E-state index in [0.717, 1.165) is 48.6 Å². The molecular formula is C34H52N2O6. The number of allylic oxidation sites excluding steroid dienone is 2. The number of aromatic amines is 1. The van der Waals surface area contributed by atoms with Crippen LogP contribution in [0.2, 0.25) is 0 Å². The molecule has 0 amide bonds. The van der Waals surface area contributed by atoms with Gasteiger partial charge in [0.25, 0.3) is 0 Å². The van der Waals surface area contributed by atoms with Crippen LogP contribution in [-0.2, 0) is 35.0 Å². The van der Waals surface area contributed by atoms with Crippen molar-refractivity contribution >= 4 is 28.8 Å². The molecule has 234 valence electrons. The molecule has 1 aromatic heterocycles. The third-order valence-electron chi connectivity index (χ3n) is 7.23. The molecule has 2 aromatic rings. The van der Waals surface area contributed by atoms with Gasteiger partial charge in [0.05, 0.1) is 0 Å². The third kappa shape index (κ3) is 15.2. The van der Waals surface area contributed by atoms with Crippen molar-refractivity contribution < 1.29 is 28.6 Å². The molecule has 0 saturated carbocycles. The minimum atomic E-state index is -0.884. The van der Waals surface area contributed by atoms with Gasteiger partial charge in [-0.25, -0.2) is 0 Å². The highest BCUT2D eigenvalue weighted by molar-refractivity contribution is 5.84. The van der Waals surface area contributed by atoms with Gasteiger partial charge in [0.15, 0.2) is 6.10 Å². The van der Waals surface area contributed by atoms with Crippen LogP contribution in [0.1, 0.15) is 109 Å². The molecule has 0 radical (unpaired) electrons. The lowest BCUT2D eigenvalue weighted by Crippen LogP contribution is -2.37. The molecule has 0 bridgehead atoms. The van der Waals surface area contributed by atoms with E-state index >= 15 is 0 Å². The highest BCUT2D eigenvalue weighted by atomic mass is 16.6. The Hall–Kier alpha value is -3.13. The van der Waals surface area contributed by atoms with E-state index in [9.17, 15) is 14.4 Å². The summed E-state index contributed by atoms with van der Waals surface area (Å²) in [5.74, 6) is -1.52. The van der Waals surface area contributed by atoms with Crippen molar-refractivity contribution in [2.75, 3.05) is 13.2 Å². The van der Waals surface area contributed by atoms with Crippen molar-refractivity contribution in [3.63, 3.8) is 0 Å². The summed E-state index contributed by atoms with van der Waals surface area (Å²) in [7, 11) is 0. The zero-order valence-corrected chi connectivity index (χ0v) is 25.7. The number of hydrogen-bond donors (Lipinski definition) is 2. The van der Waals surface area contributed by atoms with Crippen molar-refractivity contribution in [1.29, 1.82) is 0 Å². The number of nitrogens with two attached hydrogens (primary N) is 1. The second-order valence-electron chi connectivity index (χ2n) is 11.0. The summed E-state index contributed by atoms with van der Waals surface area (Å²) in [6.07, 6.45) is 21.6. The second-order valence-corrected chi connectivity index (χ2v) is 11.0. The fourth-order valence-electron chi connectivity index (χ4n) is 4.85. The van der Waals surface area contributed by atoms with Crippen LogP contribution in [0.3, 0.4) is 0 Å². The number of hydrogen-bond acceptors (Lipinski definition) is 7. The van der Waals surface area contributed by atoms with Gasteiger partial charge in [-0.1, -0.05) is 88.6 Å². The number of carbonyl (C=O) groups is 3. The number of nitrogens with one attached hydrogen (secondary N) is 1. The van der Waals surface area contributed by atoms with Crippen LogP contribution in [0.25, 0.3) is 10.9 Å². The van der Waals surface area contributed by atoms with Crippen LogP contribution in [0.15, 0.2) is 42.6 Å². The minimum Gasteiger partial charge on any atom is -0.462 e. The molecule has 2 atom stereocenters. The first-order valence-electron chi connectivity index (χ1n) is 15.9. The number of carbonyl (C=O) groups excluding carboxylic acids is 3. The number of unbranched alkanes of at least 4 members (excludes halogenated alkanes) is 11. The number of ether oxygens (including phenoxy) is 3. The maximum absolute atomic E-state index is 12.5. The molecule has 8 heteroatoms. The number of aromatic nitrogens is 1. The van der Waals surface area contributed by atoms with Crippen molar-refractivity contribution in [2.24, 2.45) is 5.73 Å². The Morgan fingerprint density at radius 3 is 2.17 bits per heavy atom. The molecule has 0 saturated heterocycles. The van der Waals surface area contributed by atoms with Crippen molar-refractivity contribution in [3.8, 4) is 0 Å². The van der Waals surface area contributed by atoms with Gasteiger partial charge in [-0.3, -0.25) is 14.4 Å². The van der Waals surface area contributed by atoms with Crippen molar-refractivity contribution in [2.45, 2.75) is 122 Å². The molecule has 8 nitrogen and oxygen atoms in total. The molecule has 1 unspecified atom stereocenters. The summed E-state index contributed by atoms with van der Waals surface area (Å²) in [6, 6.07) is 6.88. The number of fused-ring (bicyclic) bond motifs is 1. The average molecular weight is 585 g/mol. The van der Waals surface area contributed by atoms with Gasteiger partial charge in [-0.05, 0) is 43.7 Å². The average Bonchev–Trinajstić information content (AvgIpc) is 3.38. The maximum atomic E-state index is 12.5. The largest absolute Gasteiger partial charge is 0.462 e. The number of rotatable bonds is 23. The van der Waals surface area contributed by atoms with Gasteiger partial charge in [0.2, 0.25) is 0 Å². The lowest BCUT2D eigenvalue weighted by Gasteiger charge is -2.18. The second kappa shape index (κ2) is 21.6.